The lowest BCUT2D eigenvalue weighted by molar-refractivity contribution is 0.0628. The number of carbonyl (C=O) groups is 1. The lowest BCUT2D eigenvalue weighted by atomic mass is 10.2. The molecule has 1 aromatic heterocycles. The third kappa shape index (κ3) is 5.03. The van der Waals surface area contributed by atoms with E-state index >= 15 is 0 Å². The Morgan fingerprint density at radius 1 is 1.12 bits per heavy atom. The van der Waals surface area contributed by atoms with Crippen LogP contribution in [0.25, 0.3) is 0 Å². The molecule has 0 bridgehead atoms. The van der Waals surface area contributed by atoms with Crippen LogP contribution in [0.1, 0.15) is 15.9 Å². The number of benzene rings is 1. The molecule has 2 aromatic rings. The predicted octanol–water partition coefficient (Wildman–Crippen LogP) is 2.10. The highest BCUT2D eigenvalue weighted by Crippen LogP contribution is 2.12. The van der Waals surface area contributed by atoms with Crippen LogP contribution in [0.15, 0.2) is 48.7 Å². The molecule has 26 heavy (non-hydrogen) atoms. The van der Waals surface area contributed by atoms with Crippen molar-refractivity contribution in [1.29, 1.82) is 0 Å². The molecule has 1 N–H and O–H groups in total. The second-order valence-electron chi connectivity index (χ2n) is 6.41. The topological polar surface area (TPSA) is 57.7 Å². The van der Waals surface area contributed by atoms with Crippen molar-refractivity contribution < 1.29 is 9.53 Å². The van der Waals surface area contributed by atoms with Gasteiger partial charge in [0.2, 0.25) is 0 Å². The number of nitrogens with one attached hydrogen (secondary N) is 1. The number of amides is 1. The number of nitrogens with zero attached hydrogens (tertiary/aromatic N) is 3. The van der Waals surface area contributed by atoms with E-state index in [9.17, 15) is 4.79 Å². The van der Waals surface area contributed by atoms with Crippen molar-refractivity contribution in [1.82, 2.24) is 14.8 Å². The van der Waals surface area contributed by atoms with Crippen LogP contribution >= 0.6 is 0 Å². The van der Waals surface area contributed by atoms with Gasteiger partial charge in [-0.2, -0.15) is 0 Å². The number of piperazine rings is 1. The first-order chi connectivity index (χ1) is 12.8. The van der Waals surface area contributed by atoms with Crippen LogP contribution in [-0.4, -0.2) is 67.1 Å². The average Bonchev–Trinajstić information content (AvgIpc) is 2.70. The maximum absolute atomic E-state index is 12.7. The van der Waals surface area contributed by atoms with E-state index in [-0.39, 0.29) is 5.91 Å². The number of rotatable bonds is 7. The Hall–Kier alpha value is -2.44. The molecule has 0 saturated carbocycles. The van der Waals surface area contributed by atoms with E-state index < -0.39 is 0 Å². The SMILES string of the molecule is COCCNc1ccc(C(=O)N2CCN(Cc3ccccc3)CC2)cn1. The predicted molar refractivity (Wildman–Crippen MR) is 102 cm³/mol. The number of anilines is 1. The molecular formula is C20H26N4O2. The lowest BCUT2D eigenvalue weighted by Crippen LogP contribution is -2.48. The Labute approximate surface area is 154 Å². The molecule has 1 aliphatic rings. The molecule has 0 radical (unpaired) electrons. The molecule has 0 atom stereocenters. The van der Waals surface area contributed by atoms with Gasteiger partial charge in [0.1, 0.15) is 5.82 Å². The van der Waals surface area contributed by atoms with Gasteiger partial charge < -0.3 is 15.0 Å². The van der Waals surface area contributed by atoms with Crippen molar-refractivity contribution in [3.05, 3.63) is 59.8 Å². The molecule has 6 heteroatoms. The number of carbonyl (C=O) groups excluding carboxylic acids is 1. The maximum atomic E-state index is 12.7. The summed E-state index contributed by atoms with van der Waals surface area (Å²) < 4.78 is 5.00. The molecule has 6 nitrogen and oxygen atoms in total. The Morgan fingerprint density at radius 3 is 2.54 bits per heavy atom. The third-order valence-corrected chi connectivity index (χ3v) is 4.53. The number of methoxy groups -OCH3 is 1. The van der Waals surface area contributed by atoms with Crippen LogP contribution in [0.3, 0.4) is 0 Å². The van der Waals surface area contributed by atoms with Gasteiger partial charge in [-0.15, -0.1) is 0 Å². The average molecular weight is 354 g/mol. The van der Waals surface area contributed by atoms with E-state index in [0.717, 1.165) is 38.5 Å². The molecule has 0 aliphatic carbocycles. The summed E-state index contributed by atoms with van der Waals surface area (Å²) >= 11 is 0. The molecule has 0 spiro atoms. The largest absolute Gasteiger partial charge is 0.383 e. The molecule has 0 unspecified atom stereocenters. The van der Waals surface area contributed by atoms with Gasteiger partial charge in [0.05, 0.1) is 12.2 Å². The van der Waals surface area contributed by atoms with Gasteiger partial charge in [-0.25, -0.2) is 4.98 Å². The molecule has 2 heterocycles. The van der Waals surface area contributed by atoms with E-state index in [1.807, 2.05) is 23.1 Å². The zero-order valence-corrected chi connectivity index (χ0v) is 15.2. The summed E-state index contributed by atoms with van der Waals surface area (Å²) in [5.74, 6) is 0.812. The van der Waals surface area contributed by atoms with Gasteiger partial charge in [-0.05, 0) is 17.7 Å². The second-order valence-corrected chi connectivity index (χ2v) is 6.41. The smallest absolute Gasteiger partial charge is 0.255 e. The Balaban J connectivity index is 1.48. The normalized spacial score (nSPS) is 15.0. The number of pyridine rings is 1. The molecule has 1 aromatic carbocycles. The minimum absolute atomic E-state index is 0.0558. The first kappa shape index (κ1) is 18.4. The Kier molecular flexibility index (Phi) is 6.57. The van der Waals surface area contributed by atoms with Crippen molar-refractivity contribution in [2.45, 2.75) is 6.54 Å². The number of hydrogen-bond donors (Lipinski definition) is 1. The minimum atomic E-state index is 0.0558. The molecule has 1 saturated heterocycles. The van der Waals surface area contributed by atoms with Crippen molar-refractivity contribution in [3.63, 3.8) is 0 Å². The van der Waals surface area contributed by atoms with Crippen LogP contribution in [0.5, 0.6) is 0 Å². The van der Waals surface area contributed by atoms with Crippen molar-refractivity contribution in [2.24, 2.45) is 0 Å². The molecule has 1 aliphatic heterocycles. The fourth-order valence-corrected chi connectivity index (χ4v) is 3.04. The van der Waals surface area contributed by atoms with Crippen LogP contribution < -0.4 is 5.32 Å². The summed E-state index contributed by atoms with van der Waals surface area (Å²) in [5, 5.41) is 3.15. The Bertz CT molecular complexity index is 683. The fourth-order valence-electron chi connectivity index (χ4n) is 3.04. The van der Waals surface area contributed by atoms with Gasteiger partial charge in [-0.1, -0.05) is 30.3 Å². The van der Waals surface area contributed by atoms with E-state index in [4.69, 9.17) is 4.74 Å². The fraction of sp³-hybridized carbons (Fsp3) is 0.400. The molecule has 3 rings (SSSR count). The standard InChI is InChI=1S/C20H26N4O2/c1-26-14-9-21-19-8-7-18(15-22-19)20(25)24-12-10-23(11-13-24)16-17-5-3-2-4-6-17/h2-8,15H,9-14,16H2,1H3,(H,21,22). The summed E-state index contributed by atoms with van der Waals surface area (Å²) in [5.41, 5.74) is 1.95. The molecular weight excluding hydrogens is 328 g/mol. The monoisotopic (exact) mass is 354 g/mol. The zero-order valence-electron chi connectivity index (χ0n) is 15.2. The maximum Gasteiger partial charge on any atom is 0.255 e. The highest BCUT2D eigenvalue weighted by atomic mass is 16.5. The molecule has 138 valence electrons. The van der Waals surface area contributed by atoms with Crippen LogP contribution in [0, 0.1) is 0 Å². The molecule has 1 fully saturated rings. The van der Waals surface area contributed by atoms with E-state index in [2.05, 4.69) is 39.5 Å². The first-order valence-electron chi connectivity index (χ1n) is 9.00. The van der Waals surface area contributed by atoms with E-state index in [1.54, 1.807) is 13.3 Å². The molecule has 1 amide bonds. The summed E-state index contributed by atoms with van der Waals surface area (Å²) in [7, 11) is 1.66. The highest BCUT2D eigenvalue weighted by molar-refractivity contribution is 5.94. The summed E-state index contributed by atoms with van der Waals surface area (Å²) in [6.07, 6.45) is 1.65. The van der Waals surface area contributed by atoms with Gasteiger partial charge in [0.25, 0.3) is 5.91 Å². The highest BCUT2D eigenvalue weighted by Gasteiger charge is 2.22. The van der Waals surface area contributed by atoms with Gasteiger partial charge in [0, 0.05) is 52.6 Å². The zero-order chi connectivity index (χ0) is 18.2. The quantitative estimate of drug-likeness (QED) is 0.772. The van der Waals surface area contributed by atoms with Crippen LogP contribution in [0.2, 0.25) is 0 Å². The van der Waals surface area contributed by atoms with E-state index in [1.165, 1.54) is 5.56 Å². The minimum Gasteiger partial charge on any atom is -0.383 e. The Morgan fingerprint density at radius 2 is 1.88 bits per heavy atom. The van der Waals surface area contributed by atoms with Gasteiger partial charge in [-0.3, -0.25) is 9.69 Å². The van der Waals surface area contributed by atoms with Gasteiger partial charge >= 0.3 is 0 Å². The van der Waals surface area contributed by atoms with Crippen molar-refractivity contribution >= 4 is 11.7 Å². The van der Waals surface area contributed by atoms with Crippen LogP contribution in [0.4, 0.5) is 5.82 Å². The number of aromatic nitrogens is 1. The summed E-state index contributed by atoms with van der Waals surface area (Å²) in [6.45, 7) is 5.54. The van der Waals surface area contributed by atoms with Gasteiger partial charge in [0.15, 0.2) is 0 Å². The van der Waals surface area contributed by atoms with E-state index in [0.29, 0.717) is 18.7 Å². The van der Waals surface area contributed by atoms with Crippen molar-refractivity contribution in [2.75, 3.05) is 51.8 Å². The first-order valence-corrected chi connectivity index (χ1v) is 9.00. The summed E-state index contributed by atoms with van der Waals surface area (Å²) in [6, 6.07) is 14.1. The second kappa shape index (κ2) is 9.31. The summed E-state index contributed by atoms with van der Waals surface area (Å²) in [4.78, 5) is 21.3. The number of ether oxygens (including phenoxy) is 1. The lowest BCUT2D eigenvalue weighted by Gasteiger charge is -2.34. The third-order valence-electron chi connectivity index (χ3n) is 4.53. The van der Waals surface area contributed by atoms with Crippen LogP contribution in [-0.2, 0) is 11.3 Å². The number of hydrogen-bond acceptors (Lipinski definition) is 5. The van der Waals surface area contributed by atoms with Crippen molar-refractivity contribution in [3.8, 4) is 0 Å².